The maximum absolute atomic E-state index is 6.92. The normalized spacial score (nSPS) is 12.7. The molecule has 0 bridgehead atoms. The van der Waals surface area contributed by atoms with Crippen molar-refractivity contribution in [2.75, 3.05) is 13.2 Å². The summed E-state index contributed by atoms with van der Waals surface area (Å²) in [6.45, 7) is 25.6. The van der Waals surface area contributed by atoms with Crippen molar-refractivity contribution < 1.29 is 4.52 Å². The summed E-state index contributed by atoms with van der Waals surface area (Å²) in [6.07, 6.45) is 0. The molecule has 0 aromatic heterocycles. The van der Waals surface area contributed by atoms with Gasteiger partial charge in [0.1, 0.15) is 6.61 Å². The van der Waals surface area contributed by atoms with Gasteiger partial charge in [-0.15, -0.1) is 0 Å². The van der Waals surface area contributed by atoms with Crippen LogP contribution in [0.3, 0.4) is 0 Å². The minimum atomic E-state index is -0.834. The highest BCUT2D eigenvalue weighted by Crippen LogP contribution is 2.50. The monoisotopic (exact) mass is 301 g/mol. The Balaban J connectivity index is 5.26. The lowest BCUT2D eigenvalue weighted by Crippen LogP contribution is -2.43. The molecule has 0 aliphatic carbocycles. The van der Waals surface area contributed by atoms with Crippen molar-refractivity contribution in [3.63, 3.8) is 0 Å². The lowest BCUT2D eigenvalue weighted by molar-refractivity contribution is 0.191. The van der Waals surface area contributed by atoms with Gasteiger partial charge in [0.05, 0.1) is 0 Å². The average Bonchev–Trinajstić information content (AvgIpc) is 2.26. The fraction of sp³-hybridized carbons (Fsp3) is 0.933. The fourth-order valence-corrected chi connectivity index (χ4v) is 4.73. The van der Waals surface area contributed by atoms with Gasteiger partial charge in [0.15, 0.2) is 8.45 Å². The van der Waals surface area contributed by atoms with Crippen molar-refractivity contribution in [1.29, 1.82) is 0 Å². The molecule has 0 saturated carbocycles. The van der Waals surface area contributed by atoms with E-state index in [9.17, 15) is 0 Å². The van der Waals surface area contributed by atoms with E-state index in [1.54, 1.807) is 0 Å². The Bertz CT molecular complexity index is 264. The summed E-state index contributed by atoms with van der Waals surface area (Å²) >= 11 is 0. The minimum absolute atomic E-state index is 0.425. The quantitative estimate of drug-likeness (QED) is 0.358. The van der Waals surface area contributed by atoms with Crippen molar-refractivity contribution in [1.82, 2.24) is 9.34 Å². The van der Waals surface area contributed by atoms with Gasteiger partial charge in [0.2, 0.25) is 6.54 Å². The molecule has 0 heterocycles. The van der Waals surface area contributed by atoms with E-state index in [4.69, 9.17) is 11.1 Å². The van der Waals surface area contributed by atoms with E-state index in [1.165, 1.54) is 0 Å². The molecule has 0 aliphatic rings. The second kappa shape index (κ2) is 9.68. The van der Waals surface area contributed by atoms with Crippen LogP contribution in [0.5, 0.6) is 0 Å². The molecule has 0 N–H and O–H groups in total. The number of hydrogen-bond acceptors (Lipinski definition) is 3. The van der Waals surface area contributed by atoms with Crippen molar-refractivity contribution in [3.05, 3.63) is 11.4 Å². The van der Waals surface area contributed by atoms with Crippen molar-refractivity contribution in [3.8, 4) is 0 Å². The van der Waals surface area contributed by atoms with Gasteiger partial charge in [-0.3, -0.25) is 0 Å². The predicted molar refractivity (Wildman–Crippen MR) is 88.6 cm³/mol. The van der Waals surface area contributed by atoms with Crippen LogP contribution < -0.4 is 0 Å². The molecule has 20 heavy (non-hydrogen) atoms. The summed E-state index contributed by atoms with van der Waals surface area (Å²) < 4.78 is 11.0. The van der Waals surface area contributed by atoms with Crippen LogP contribution in [0.4, 0.5) is 0 Å². The Labute approximate surface area is 127 Å². The molecule has 0 unspecified atom stereocenters. The summed E-state index contributed by atoms with van der Waals surface area (Å²) in [6, 6.07) is 1.70. The molecule has 4 nitrogen and oxygen atoms in total. The summed E-state index contributed by atoms with van der Waals surface area (Å²) in [5.74, 6) is 0. The molecule has 0 fully saturated rings. The van der Waals surface area contributed by atoms with Gasteiger partial charge in [0, 0.05) is 24.2 Å². The maximum atomic E-state index is 6.92. The largest absolute Gasteiger partial charge is 0.323 e. The highest BCUT2D eigenvalue weighted by Gasteiger charge is 2.34. The molecule has 0 aliphatic heterocycles. The highest BCUT2D eigenvalue weighted by atomic mass is 31.2. The first kappa shape index (κ1) is 19.8. The van der Waals surface area contributed by atoms with Crippen LogP contribution in [-0.2, 0) is 4.52 Å². The number of hydrogen-bond donors (Lipinski definition) is 0. The smallest absolute Gasteiger partial charge is 0.238 e. The zero-order valence-electron chi connectivity index (χ0n) is 14.4. The molecule has 0 spiro atoms. The van der Waals surface area contributed by atoms with E-state index < -0.39 is 8.45 Å². The zero-order valence-corrected chi connectivity index (χ0v) is 15.3. The first-order chi connectivity index (χ1) is 9.23. The van der Waals surface area contributed by atoms with Crippen molar-refractivity contribution in [2.45, 2.75) is 79.6 Å². The van der Waals surface area contributed by atoms with E-state index in [0.717, 1.165) is 0 Å². The molecular weight excluding hydrogens is 269 g/mol. The second-order valence-corrected chi connectivity index (χ2v) is 7.79. The summed E-state index contributed by atoms with van der Waals surface area (Å²) in [5.41, 5.74) is 0. The van der Waals surface area contributed by atoms with E-state index in [2.05, 4.69) is 69.6 Å². The predicted octanol–water partition coefficient (Wildman–Crippen LogP) is 4.39. The van der Waals surface area contributed by atoms with Crippen molar-refractivity contribution in [2.24, 2.45) is 0 Å². The van der Waals surface area contributed by atoms with Crippen LogP contribution in [0.25, 0.3) is 4.85 Å². The van der Waals surface area contributed by atoms with Crippen LogP contribution >= 0.6 is 8.45 Å². The summed E-state index contributed by atoms with van der Waals surface area (Å²) in [5, 5.41) is 0. The molecular formula is C15H32N3OP. The van der Waals surface area contributed by atoms with Crippen LogP contribution in [0.1, 0.15) is 55.4 Å². The third-order valence-electron chi connectivity index (χ3n) is 2.92. The standard InChI is InChI=1S/C15H32N3OP/c1-12(2)17(13(3)4)20(19-11-10-16-9)18(14(5)6)15(7)8/h12-15H,10-11H2,1-8H3. The molecule has 0 amide bonds. The molecule has 0 radical (unpaired) electrons. The van der Waals surface area contributed by atoms with Gasteiger partial charge in [-0.2, -0.15) is 0 Å². The van der Waals surface area contributed by atoms with Gasteiger partial charge in [0.25, 0.3) is 0 Å². The highest BCUT2D eigenvalue weighted by molar-refractivity contribution is 7.47. The van der Waals surface area contributed by atoms with Crippen LogP contribution in [0.15, 0.2) is 0 Å². The van der Waals surface area contributed by atoms with E-state index in [-0.39, 0.29) is 0 Å². The Morgan fingerprint density at radius 2 is 1.20 bits per heavy atom. The van der Waals surface area contributed by atoms with Gasteiger partial charge in [-0.25, -0.2) is 15.9 Å². The maximum Gasteiger partial charge on any atom is 0.238 e. The fourth-order valence-electron chi connectivity index (χ4n) is 2.40. The minimum Gasteiger partial charge on any atom is -0.323 e. The molecule has 0 aromatic rings. The number of nitrogens with zero attached hydrogens (tertiary/aromatic N) is 3. The molecule has 0 aromatic carbocycles. The molecule has 118 valence electrons. The Hall–Kier alpha value is -0.200. The molecule has 0 atom stereocenters. The first-order valence-electron chi connectivity index (χ1n) is 7.56. The van der Waals surface area contributed by atoms with Crippen LogP contribution in [-0.4, -0.2) is 46.7 Å². The average molecular weight is 301 g/mol. The van der Waals surface area contributed by atoms with E-state index >= 15 is 0 Å². The Morgan fingerprint density at radius 1 is 0.850 bits per heavy atom. The third-order valence-corrected chi connectivity index (χ3v) is 5.97. The van der Waals surface area contributed by atoms with E-state index in [0.29, 0.717) is 37.3 Å². The first-order valence-corrected chi connectivity index (χ1v) is 8.73. The second-order valence-electron chi connectivity index (χ2n) is 6.10. The topological polar surface area (TPSA) is 20.1 Å². The van der Waals surface area contributed by atoms with Crippen molar-refractivity contribution >= 4 is 8.45 Å². The SMILES string of the molecule is [C-]#[N+]CCOP(N(C(C)C)C(C)C)N(C(C)C)C(C)C. The lowest BCUT2D eigenvalue weighted by Gasteiger charge is -2.45. The van der Waals surface area contributed by atoms with Gasteiger partial charge in [-0.1, -0.05) is 0 Å². The van der Waals surface area contributed by atoms with E-state index in [1.807, 2.05) is 0 Å². The van der Waals surface area contributed by atoms with Gasteiger partial charge < -0.3 is 9.37 Å². The third kappa shape index (κ3) is 6.06. The Morgan fingerprint density at radius 3 is 1.45 bits per heavy atom. The lowest BCUT2D eigenvalue weighted by atomic mass is 10.3. The van der Waals surface area contributed by atoms with Crippen LogP contribution in [0.2, 0.25) is 0 Å². The molecule has 5 heteroatoms. The van der Waals surface area contributed by atoms with Gasteiger partial charge in [-0.05, 0) is 55.4 Å². The van der Waals surface area contributed by atoms with Gasteiger partial charge >= 0.3 is 0 Å². The molecule has 0 saturated heterocycles. The zero-order chi connectivity index (χ0) is 15.9. The number of rotatable bonds is 9. The summed E-state index contributed by atoms with van der Waals surface area (Å²) in [7, 11) is -0.834. The summed E-state index contributed by atoms with van der Waals surface area (Å²) in [4.78, 5) is 3.40. The molecule has 0 rings (SSSR count). The van der Waals surface area contributed by atoms with Crippen LogP contribution in [0, 0.1) is 6.57 Å². The Kier molecular flexibility index (Phi) is 9.59.